The maximum atomic E-state index is 12.9. The second kappa shape index (κ2) is 8.32. The van der Waals surface area contributed by atoms with Gasteiger partial charge < -0.3 is 18.8 Å². The van der Waals surface area contributed by atoms with Crippen LogP contribution in [0.4, 0.5) is 5.69 Å². The summed E-state index contributed by atoms with van der Waals surface area (Å²) < 4.78 is 10.2. The van der Waals surface area contributed by atoms with E-state index < -0.39 is 0 Å². The van der Waals surface area contributed by atoms with Gasteiger partial charge in [-0.15, -0.1) is 0 Å². The van der Waals surface area contributed by atoms with Gasteiger partial charge in [-0.25, -0.2) is 4.98 Å². The molecular formula is C24H23BrN4O2. The van der Waals surface area contributed by atoms with Crippen molar-refractivity contribution in [1.29, 1.82) is 0 Å². The highest BCUT2D eigenvalue weighted by molar-refractivity contribution is 9.10. The van der Waals surface area contributed by atoms with Gasteiger partial charge in [0.25, 0.3) is 5.56 Å². The molecule has 0 radical (unpaired) electrons. The van der Waals surface area contributed by atoms with E-state index in [0.717, 1.165) is 64.2 Å². The number of pyridine rings is 2. The Morgan fingerprint density at radius 3 is 2.74 bits per heavy atom. The van der Waals surface area contributed by atoms with Crippen LogP contribution in [0.1, 0.15) is 5.56 Å². The van der Waals surface area contributed by atoms with E-state index in [1.807, 2.05) is 60.5 Å². The van der Waals surface area contributed by atoms with Gasteiger partial charge in [-0.05, 0) is 35.4 Å². The summed E-state index contributed by atoms with van der Waals surface area (Å²) in [6, 6.07) is 13.9. The average molecular weight is 479 g/mol. The molecule has 1 aliphatic rings. The van der Waals surface area contributed by atoms with Gasteiger partial charge >= 0.3 is 0 Å². The normalized spacial score (nSPS) is 14.3. The molecular weight excluding hydrogens is 456 g/mol. The minimum Gasteiger partial charge on any atom is -0.378 e. The molecule has 0 aliphatic carbocycles. The Morgan fingerprint density at radius 1 is 1.13 bits per heavy atom. The third kappa shape index (κ3) is 4.03. The summed E-state index contributed by atoms with van der Waals surface area (Å²) in [4.78, 5) is 19.9. The van der Waals surface area contributed by atoms with E-state index in [1.165, 1.54) is 0 Å². The highest BCUT2D eigenvalue weighted by Gasteiger charge is 2.16. The van der Waals surface area contributed by atoms with Crippen molar-refractivity contribution < 1.29 is 4.74 Å². The Morgan fingerprint density at radius 2 is 1.97 bits per heavy atom. The topological polar surface area (TPSA) is 52.3 Å². The van der Waals surface area contributed by atoms with Crippen LogP contribution in [-0.2, 0) is 18.3 Å². The lowest BCUT2D eigenvalue weighted by molar-refractivity contribution is 0.122. The van der Waals surface area contributed by atoms with Gasteiger partial charge in [0.15, 0.2) is 0 Å². The SMILES string of the molecule is Cn1cc(-c2ccn(Cc3cccc(Br)c3)c(=O)c2)c2cc(N3CCOCC3)cnc21. The molecule has 158 valence electrons. The lowest BCUT2D eigenvalue weighted by atomic mass is 10.1. The van der Waals surface area contributed by atoms with Gasteiger partial charge in [-0.3, -0.25) is 4.79 Å². The zero-order valence-electron chi connectivity index (χ0n) is 17.3. The maximum Gasteiger partial charge on any atom is 0.251 e. The smallest absolute Gasteiger partial charge is 0.251 e. The van der Waals surface area contributed by atoms with Crippen molar-refractivity contribution in [3.05, 3.63) is 81.4 Å². The summed E-state index contributed by atoms with van der Waals surface area (Å²) in [6.45, 7) is 3.73. The van der Waals surface area contributed by atoms with E-state index in [4.69, 9.17) is 9.72 Å². The summed E-state index contributed by atoms with van der Waals surface area (Å²) in [6.07, 6.45) is 5.85. The molecule has 1 aromatic carbocycles. The Balaban J connectivity index is 1.51. The fraction of sp³-hybridized carbons (Fsp3) is 0.250. The standard InChI is InChI=1S/C24H23BrN4O2/c1-27-16-22(21-13-20(14-26-24(21)27)28-7-9-31-10-8-28)18-5-6-29(23(30)12-18)15-17-3-2-4-19(25)11-17/h2-6,11-14,16H,7-10,15H2,1H3. The number of morpholine rings is 1. The number of ether oxygens (including phenoxy) is 1. The molecule has 7 heteroatoms. The van der Waals surface area contributed by atoms with Gasteiger partial charge in [-0.2, -0.15) is 0 Å². The first kappa shape index (κ1) is 20.0. The zero-order valence-corrected chi connectivity index (χ0v) is 18.9. The Kier molecular flexibility index (Phi) is 5.38. The van der Waals surface area contributed by atoms with Crippen LogP contribution in [0.5, 0.6) is 0 Å². The molecule has 1 aliphatic heterocycles. The number of fused-ring (bicyclic) bond motifs is 1. The van der Waals surface area contributed by atoms with E-state index in [1.54, 1.807) is 10.6 Å². The summed E-state index contributed by atoms with van der Waals surface area (Å²) in [5.41, 5.74) is 4.98. The number of aryl methyl sites for hydroxylation is 1. The van der Waals surface area contributed by atoms with E-state index in [9.17, 15) is 4.79 Å². The van der Waals surface area contributed by atoms with Crippen molar-refractivity contribution in [2.24, 2.45) is 7.05 Å². The van der Waals surface area contributed by atoms with Crippen LogP contribution >= 0.6 is 15.9 Å². The van der Waals surface area contributed by atoms with Gasteiger partial charge in [0.2, 0.25) is 0 Å². The number of aromatic nitrogens is 3. The summed E-state index contributed by atoms with van der Waals surface area (Å²) >= 11 is 3.49. The summed E-state index contributed by atoms with van der Waals surface area (Å²) in [5.74, 6) is 0. The summed E-state index contributed by atoms with van der Waals surface area (Å²) in [7, 11) is 1.99. The second-order valence-corrected chi connectivity index (χ2v) is 8.74. The van der Waals surface area contributed by atoms with E-state index in [0.29, 0.717) is 6.54 Å². The third-order valence-corrected chi connectivity index (χ3v) is 6.22. The molecule has 31 heavy (non-hydrogen) atoms. The third-order valence-electron chi connectivity index (χ3n) is 5.72. The predicted octanol–water partition coefficient (Wildman–Crippen LogP) is 4.05. The second-order valence-electron chi connectivity index (χ2n) is 7.83. The monoisotopic (exact) mass is 478 g/mol. The fourth-order valence-electron chi connectivity index (χ4n) is 4.11. The highest BCUT2D eigenvalue weighted by atomic mass is 79.9. The van der Waals surface area contributed by atoms with E-state index in [-0.39, 0.29) is 5.56 Å². The molecule has 1 saturated heterocycles. The first-order valence-corrected chi connectivity index (χ1v) is 11.1. The Bertz CT molecular complexity index is 1300. The van der Waals surface area contributed by atoms with Crippen LogP contribution in [0.3, 0.4) is 0 Å². The Hall–Kier alpha value is -2.90. The van der Waals surface area contributed by atoms with Crippen molar-refractivity contribution in [3.8, 4) is 11.1 Å². The van der Waals surface area contributed by atoms with E-state index in [2.05, 4.69) is 26.9 Å². The van der Waals surface area contributed by atoms with Gasteiger partial charge in [0.1, 0.15) is 5.65 Å². The van der Waals surface area contributed by atoms with E-state index >= 15 is 0 Å². The molecule has 0 atom stereocenters. The number of rotatable bonds is 4. The molecule has 4 heterocycles. The molecule has 1 fully saturated rings. The largest absolute Gasteiger partial charge is 0.378 e. The van der Waals surface area contributed by atoms with Crippen LogP contribution < -0.4 is 10.5 Å². The van der Waals surface area contributed by atoms with Gasteiger partial charge in [0, 0.05) is 54.0 Å². The number of nitrogens with zero attached hydrogens (tertiary/aromatic N) is 4. The molecule has 0 bridgehead atoms. The molecule has 5 rings (SSSR count). The lowest BCUT2D eigenvalue weighted by Crippen LogP contribution is -2.36. The van der Waals surface area contributed by atoms with Crippen molar-refractivity contribution in [2.45, 2.75) is 6.54 Å². The van der Waals surface area contributed by atoms with Gasteiger partial charge in [-0.1, -0.05) is 28.1 Å². The van der Waals surface area contributed by atoms with Crippen molar-refractivity contribution in [3.63, 3.8) is 0 Å². The molecule has 0 spiro atoms. The van der Waals surface area contributed by atoms with Crippen molar-refractivity contribution in [2.75, 3.05) is 31.2 Å². The number of hydrogen-bond donors (Lipinski definition) is 0. The number of benzene rings is 1. The molecule has 4 aromatic rings. The minimum absolute atomic E-state index is 0.0215. The number of hydrogen-bond acceptors (Lipinski definition) is 4. The van der Waals surface area contributed by atoms with Gasteiger partial charge in [0.05, 0.1) is 31.6 Å². The summed E-state index contributed by atoms with van der Waals surface area (Å²) in [5, 5.41) is 1.05. The first-order valence-electron chi connectivity index (χ1n) is 10.3. The average Bonchev–Trinajstić information content (AvgIpc) is 3.12. The number of halogens is 1. The van der Waals surface area contributed by atoms with Crippen LogP contribution in [0.25, 0.3) is 22.2 Å². The molecule has 0 N–H and O–H groups in total. The highest BCUT2D eigenvalue weighted by Crippen LogP contribution is 2.31. The number of anilines is 1. The van der Waals surface area contributed by atoms with Crippen molar-refractivity contribution >= 4 is 32.7 Å². The zero-order chi connectivity index (χ0) is 21.4. The Labute approximate surface area is 188 Å². The molecule has 0 amide bonds. The first-order chi connectivity index (χ1) is 15.1. The minimum atomic E-state index is -0.0215. The maximum absolute atomic E-state index is 12.9. The lowest BCUT2D eigenvalue weighted by Gasteiger charge is -2.28. The quantitative estimate of drug-likeness (QED) is 0.443. The molecule has 3 aromatic heterocycles. The van der Waals surface area contributed by atoms with Crippen LogP contribution in [0, 0.1) is 0 Å². The molecule has 6 nitrogen and oxygen atoms in total. The molecule has 0 unspecified atom stereocenters. The van der Waals surface area contributed by atoms with Crippen molar-refractivity contribution in [1.82, 2.24) is 14.1 Å². The fourth-order valence-corrected chi connectivity index (χ4v) is 4.56. The van der Waals surface area contributed by atoms with Crippen LogP contribution in [0.15, 0.2) is 70.3 Å². The van der Waals surface area contributed by atoms with Crippen LogP contribution in [-0.4, -0.2) is 40.4 Å². The predicted molar refractivity (Wildman–Crippen MR) is 127 cm³/mol. The molecule has 0 saturated carbocycles. The van der Waals surface area contributed by atoms with Crippen LogP contribution in [0.2, 0.25) is 0 Å².